The van der Waals surface area contributed by atoms with Crippen LogP contribution in [-0.4, -0.2) is 4.57 Å². The van der Waals surface area contributed by atoms with Gasteiger partial charge < -0.3 is 8.98 Å². The molecule has 4 rings (SSSR count). The minimum atomic E-state index is -0.260. The molecule has 0 saturated heterocycles. The average Bonchev–Trinajstić information content (AvgIpc) is 3.16. The molecule has 0 atom stereocenters. The summed E-state index contributed by atoms with van der Waals surface area (Å²) in [7, 11) is 1.87. The number of aryl methyl sites for hydroxylation is 3. The van der Waals surface area contributed by atoms with Gasteiger partial charge in [0.15, 0.2) is 0 Å². The van der Waals surface area contributed by atoms with Gasteiger partial charge in [-0.1, -0.05) is 11.6 Å². The number of nitrogens with zero attached hydrogens (tertiary/aromatic N) is 2. The summed E-state index contributed by atoms with van der Waals surface area (Å²) in [6.45, 7) is 3.89. The van der Waals surface area contributed by atoms with Crippen molar-refractivity contribution in [2.45, 2.75) is 20.3 Å². The van der Waals surface area contributed by atoms with E-state index in [1.807, 2.05) is 43.7 Å². The second-order valence-electron chi connectivity index (χ2n) is 6.56. The van der Waals surface area contributed by atoms with Crippen LogP contribution >= 0.6 is 0 Å². The lowest BCUT2D eigenvalue weighted by Gasteiger charge is -2.11. The lowest BCUT2D eigenvalue weighted by molar-refractivity contribution is 0.585. The van der Waals surface area contributed by atoms with Crippen LogP contribution < -0.4 is 0 Å². The Morgan fingerprint density at radius 1 is 1.20 bits per heavy atom. The van der Waals surface area contributed by atoms with E-state index in [0.717, 1.165) is 33.0 Å². The zero-order valence-electron chi connectivity index (χ0n) is 14.4. The van der Waals surface area contributed by atoms with Crippen LogP contribution in [0.5, 0.6) is 0 Å². The largest absolute Gasteiger partial charge is 0.464 e. The summed E-state index contributed by atoms with van der Waals surface area (Å²) >= 11 is 0. The van der Waals surface area contributed by atoms with E-state index in [1.54, 1.807) is 12.3 Å². The molecule has 4 aromatic rings. The highest BCUT2D eigenvalue weighted by molar-refractivity contribution is 5.88. The third kappa shape index (κ3) is 2.32. The van der Waals surface area contributed by atoms with Crippen molar-refractivity contribution in [2.24, 2.45) is 7.05 Å². The molecule has 4 heteroatoms. The van der Waals surface area contributed by atoms with E-state index < -0.39 is 0 Å². The van der Waals surface area contributed by atoms with E-state index in [4.69, 9.17) is 4.42 Å². The van der Waals surface area contributed by atoms with Gasteiger partial charge in [-0.3, -0.25) is 0 Å². The van der Waals surface area contributed by atoms with Crippen molar-refractivity contribution in [2.75, 3.05) is 0 Å². The number of benzene rings is 2. The fourth-order valence-electron chi connectivity index (χ4n) is 3.68. The van der Waals surface area contributed by atoms with Crippen molar-refractivity contribution >= 4 is 21.9 Å². The van der Waals surface area contributed by atoms with Gasteiger partial charge in [-0.25, -0.2) is 4.39 Å². The predicted octanol–water partition coefficient (Wildman–Crippen LogP) is 5.14. The topological polar surface area (TPSA) is 41.9 Å². The third-order valence-electron chi connectivity index (χ3n) is 4.83. The van der Waals surface area contributed by atoms with E-state index >= 15 is 0 Å². The second-order valence-corrected chi connectivity index (χ2v) is 6.56. The summed E-state index contributed by atoms with van der Waals surface area (Å²) in [4.78, 5) is 0. The normalized spacial score (nSPS) is 11.3. The molecular weight excluding hydrogens is 315 g/mol. The standard InChI is InChI=1S/C21H17FN2O/c1-12-6-14-9-16(11-23)24(3)20(14)15(7-12)10-18-19(22)8-13(2)17-4-5-25-21(17)18/h4-9H,10H2,1-3H3. The molecule has 0 bridgehead atoms. The van der Waals surface area contributed by atoms with Crippen molar-refractivity contribution in [3.8, 4) is 6.07 Å². The van der Waals surface area contributed by atoms with Gasteiger partial charge in [0.05, 0.1) is 11.8 Å². The molecule has 0 aliphatic rings. The Labute approximate surface area is 144 Å². The Morgan fingerprint density at radius 3 is 2.76 bits per heavy atom. The Hall–Kier alpha value is -3.06. The molecule has 3 nitrogen and oxygen atoms in total. The van der Waals surface area contributed by atoms with Crippen LogP contribution in [-0.2, 0) is 13.5 Å². The van der Waals surface area contributed by atoms with Crippen LogP contribution in [0.1, 0.15) is 27.9 Å². The van der Waals surface area contributed by atoms with E-state index in [0.29, 0.717) is 23.3 Å². The van der Waals surface area contributed by atoms with Crippen molar-refractivity contribution in [1.82, 2.24) is 4.57 Å². The average molecular weight is 332 g/mol. The maximum absolute atomic E-state index is 14.7. The number of halogens is 1. The number of fused-ring (bicyclic) bond motifs is 2. The summed E-state index contributed by atoms with van der Waals surface area (Å²) in [6, 6.07) is 11.6. The van der Waals surface area contributed by atoms with Gasteiger partial charge in [0.1, 0.15) is 23.2 Å². The van der Waals surface area contributed by atoms with Crippen LogP contribution in [0.4, 0.5) is 4.39 Å². The van der Waals surface area contributed by atoms with Crippen molar-refractivity contribution in [1.29, 1.82) is 5.26 Å². The molecular formula is C21H17FN2O. The van der Waals surface area contributed by atoms with Gasteiger partial charge in [-0.15, -0.1) is 0 Å². The highest BCUT2D eigenvalue weighted by Crippen LogP contribution is 2.31. The van der Waals surface area contributed by atoms with Gasteiger partial charge in [0.2, 0.25) is 0 Å². The first-order chi connectivity index (χ1) is 12.0. The smallest absolute Gasteiger partial charge is 0.140 e. The Kier molecular flexibility index (Phi) is 3.40. The van der Waals surface area contributed by atoms with Crippen LogP contribution in [0.25, 0.3) is 21.9 Å². The maximum atomic E-state index is 14.7. The zero-order valence-corrected chi connectivity index (χ0v) is 14.4. The molecule has 25 heavy (non-hydrogen) atoms. The summed E-state index contributed by atoms with van der Waals surface area (Å²) in [5, 5.41) is 11.2. The SMILES string of the molecule is Cc1cc(Cc2c(F)cc(C)c3ccoc23)c2c(c1)cc(C#N)n2C. The molecule has 0 aliphatic heterocycles. The van der Waals surface area contributed by atoms with Crippen LogP contribution in [0.3, 0.4) is 0 Å². The van der Waals surface area contributed by atoms with Crippen molar-refractivity contribution < 1.29 is 8.81 Å². The first-order valence-electron chi connectivity index (χ1n) is 8.14. The zero-order chi connectivity index (χ0) is 17.7. The number of hydrogen-bond acceptors (Lipinski definition) is 2. The molecule has 0 unspecified atom stereocenters. The predicted molar refractivity (Wildman–Crippen MR) is 96.1 cm³/mol. The number of hydrogen-bond donors (Lipinski definition) is 0. The Balaban J connectivity index is 1.97. The summed E-state index contributed by atoms with van der Waals surface area (Å²) in [5.74, 6) is -0.260. The maximum Gasteiger partial charge on any atom is 0.140 e. The van der Waals surface area contributed by atoms with Crippen molar-refractivity contribution in [3.05, 3.63) is 70.4 Å². The number of furan rings is 1. The third-order valence-corrected chi connectivity index (χ3v) is 4.83. The van der Waals surface area contributed by atoms with Gasteiger partial charge in [0.25, 0.3) is 0 Å². The molecule has 2 aromatic carbocycles. The molecule has 0 amide bonds. The second kappa shape index (κ2) is 5.49. The van der Waals surface area contributed by atoms with Gasteiger partial charge >= 0.3 is 0 Å². The van der Waals surface area contributed by atoms with Crippen molar-refractivity contribution in [3.63, 3.8) is 0 Å². The minimum absolute atomic E-state index is 0.260. The molecule has 2 aromatic heterocycles. The molecule has 0 spiro atoms. The van der Waals surface area contributed by atoms with Gasteiger partial charge in [0, 0.05) is 29.8 Å². The van der Waals surface area contributed by atoms with E-state index in [1.165, 1.54) is 0 Å². The Morgan fingerprint density at radius 2 is 2.00 bits per heavy atom. The minimum Gasteiger partial charge on any atom is -0.464 e. The van der Waals surface area contributed by atoms with Gasteiger partial charge in [-0.05, 0) is 49.2 Å². The molecule has 0 fully saturated rings. The molecule has 2 heterocycles. The molecule has 0 N–H and O–H groups in total. The summed E-state index contributed by atoms with van der Waals surface area (Å²) in [6.07, 6.45) is 2.01. The summed E-state index contributed by atoms with van der Waals surface area (Å²) < 4.78 is 22.2. The lowest BCUT2D eigenvalue weighted by atomic mass is 9.97. The Bertz CT molecular complexity index is 1170. The number of rotatable bonds is 2. The monoisotopic (exact) mass is 332 g/mol. The highest BCUT2D eigenvalue weighted by Gasteiger charge is 2.17. The fraction of sp³-hybridized carbons (Fsp3) is 0.190. The summed E-state index contributed by atoms with van der Waals surface area (Å²) in [5.41, 5.74) is 5.64. The highest BCUT2D eigenvalue weighted by atomic mass is 19.1. The first kappa shape index (κ1) is 15.5. The quantitative estimate of drug-likeness (QED) is 0.510. The van der Waals surface area contributed by atoms with Crippen LogP contribution in [0.2, 0.25) is 0 Å². The fourth-order valence-corrected chi connectivity index (χ4v) is 3.68. The molecule has 124 valence electrons. The van der Waals surface area contributed by atoms with Crippen LogP contribution in [0, 0.1) is 31.0 Å². The number of nitriles is 1. The molecule has 0 aliphatic carbocycles. The van der Waals surface area contributed by atoms with Crippen LogP contribution in [0.15, 0.2) is 41.0 Å². The first-order valence-corrected chi connectivity index (χ1v) is 8.14. The van der Waals surface area contributed by atoms with E-state index in [2.05, 4.69) is 12.1 Å². The van der Waals surface area contributed by atoms with E-state index in [9.17, 15) is 9.65 Å². The lowest BCUT2D eigenvalue weighted by Crippen LogP contribution is -2.00. The molecule has 0 saturated carbocycles. The molecule has 0 radical (unpaired) electrons. The van der Waals surface area contributed by atoms with E-state index in [-0.39, 0.29) is 5.82 Å². The number of aromatic nitrogens is 1. The van der Waals surface area contributed by atoms with Gasteiger partial charge in [-0.2, -0.15) is 5.26 Å².